The number of carbonyl (C=O) groups is 6. The van der Waals surface area contributed by atoms with Crippen molar-refractivity contribution >= 4 is 58.9 Å². The smallest absolute Gasteiger partial charge is 0.550 e. The molecule has 0 radical (unpaired) electrons. The van der Waals surface area contributed by atoms with E-state index in [1.807, 2.05) is 0 Å². The van der Waals surface area contributed by atoms with Gasteiger partial charge in [0.25, 0.3) is 0 Å². The fraction of sp³-hybridized carbons (Fsp3) is 0.500. The minimum Gasteiger partial charge on any atom is -0.550 e. The average Bonchev–Trinajstić information content (AvgIpc) is 2.46. The van der Waals surface area contributed by atoms with E-state index in [9.17, 15) is 49.2 Å². The minimum absolute atomic E-state index is 0. The Morgan fingerprint density at radius 2 is 0.800 bits per heavy atom. The van der Waals surface area contributed by atoms with Crippen molar-refractivity contribution < 1.29 is 162 Å². The third-order valence-corrected chi connectivity index (χ3v) is 2.08. The van der Waals surface area contributed by atoms with Crippen molar-refractivity contribution in [3.63, 3.8) is 0 Å². The summed E-state index contributed by atoms with van der Waals surface area (Å²) in [5.41, 5.74) is 14.3. The zero-order valence-electron chi connectivity index (χ0n) is 16.3. The van der Waals surface area contributed by atoms with Crippen LogP contribution in [0.15, 0.2) is 0 Å². The average molecular weight is 498 g/mol. The summed E-state index contributed by atoms with van der Waals surface area (Å²) in [6.45, 7) is 0. The first-order chi connectivity index (χ1) is 12.1. The third kappa shape index (κ3) is 36.1. The van der Waals surface area contributed by atoms with Crippen LogP contribution in [0.25, 0.3) is 0 Å². The number of carbonyl (C=O) groups excluding carboxylic acids is 4. The Kier molecular flexibility index (Phi) is 38.5. The van der Waals surface area contributed by atoms with E-state index in [4.69, 9.17) is 27.4 Å². The molecule has 0 aromatic carbocycles. The van der Waals surface area contributed by atoms with E-state index < -0.39 is 73.2 Å². The quantitative estimate of drug-likeness (QED) is 0.184. The van der Waals surface area contributed by atoms with Gasteiger partial charge in [0.1, 0.15) is 0 Å². The molecule has 0 amide bonds. The Balaban J connectivity index is -0.0000000686. The molecule has 0 aliphatic rings. The largest absolute Gasteiger partial charge is 2.00 e. The van der Waals surface area contributed by atoms with E-state index >= 15 is 0 Å². The fourth-order valence-electron chi connectivity index (χ4n) is 0.806. The van der Waals surface area contributed by atoms with Gasteiger partial charge < -0.3 is 67.0 Å². The maximum atomic E-state index is 9.74. The fourth-order valence-corrected chi connectivity index (χ4v) is 0.806. The maximum absolute atomic E-state index is 9.74. The van der Waals surface area contributed by atoms with Crippen molar-refractivity contribution in [2.45, 2.75) is 37.4 Å². The molecule has 0 heterocycles. The molecule has 30 heavy (non-hydrogen) atoms. The van der Waals surface area contributed by atoms with Crippen LogP contribution in [0, 0.1) is 0 Å². The van der Waals surface area contributed by atoms with Crippen LogP contribution >= 0.6 is 0 Å². The molecule has 0 spiro atoms. The Hall–Kier alpha value is 0.739. The summed E-state index contributed by atoms with van der Waals surface area (Å²) in [6.07, 6.45) is -1.90. The van der Waals surface area contributed by atoms with Gasteiger partial charge in [-0.15, -0.1) is 0 Å². The predicted octanol–water partition coefficient (Wildman–Crippen LogP) is -15.1. The molecule has 0 aromatic rings. The first-order valence-electron chi connectivity index (χ1n) is 6.64. The SMILES string of the molecule is NC(CC(=O)O)C(=O)[O-].N[C@@H](CC(=O)O)C(=O)[O-].N[C@@H](CC(=O)[O-])C(=O)[O-].[K+].[K+].[Mg+2]. The second kappa shape index (κ2) is 26.0. The van der Waals surface area contributed by atoms with Crippen LogP contribution in [0.5, 0.6) is 0 Å². The number of carboxylic acids is 6. The van der Waals surface area contributed by atoms with Crippen LogP contribution in [-0.2, 0) is 28.8 Å². The minimum atomic E-state index is -1.58. The molecule has 0 aliphatic heterocycles. The van der Waals surface area contributed by atoms with Gasteiger partial charge in [0.05, 0.1) is 42.8 Å². The Bertz CT molecular complexity index is 490. The van der Waals surface area contributed by atoms with E-state index in [1.54, 1.807) is 0 Å². The zero-order valence-corrected chi connectivity index (χ0v) is 23.9. The van der Waals surface area contributed by atoms with Crippen LogP contribution in [0.1, 0.15) is 19.3 Å². The number of hydrogen-bond acceptors (Lipinski definition) is 13. The van der Waals surface area contributed by atoms with Crippen LogP contribution in [0.2, 0.25) is 0 Å². The van der Waals surface area contributed by atoms with Crippen LogP contribution in [0.4, 0.5) is 0 Å². The van der Waals surface area contributed by atoms with Crippen molar-refractivity contribution in [1.29, 1.82) is 0 Å². The molecule has 0 saturated heterocycles. The predicted molar refractivity (Wildman–Crippen MR) is 78.8 cm³/mol. The summed E-state index contributed by atoms with van der Waals surface area (Å²) < 4.78 is 0. The number of hydrogen-bond donors (Lipinski definition) is 5. The standard InChI is InChI=1S/3C4H7NO4.2K.Mg/c3*5-2(4(8)9)1-3(6)7;;;/h3*2H,1,5H2,(H,6,7)(H,8,9);;;/q;;;2*+1;+2/p-4/t2*2-;;;;/m00..../s1. The summed E-state index contributed by atoms with van der Waals surface area (Å²) in [7, 11) is 0. The van der Waals surface area contributed by atoms with Gasteiger partial charge in [-0.05, 0) is 0 Å². The molecular formula is C12H17K2MgN3O12. The summed E-state index contributed by atoms with van der Waals surface area (Å²) in [5.74, 6) is -8.65. The van der Waals surface area contributed by atoms with Gasteiger partial charge in [-0.1, -0.05) is 0 Å². The summed E-state index contributed by atoms with van der Waals surface area (Å²) >= 11 is 0. The Morgan fingerprint density at radius 3 is 0.867 bits per heavy atom. The summed E-state index contributed by atoms with van der Waals surface area (Å²) in [4.78, 5) is 58.3. The van der Waals surface area contributed by atoms with Gasteiger partial charge >= 0.3 is 138 Å². The van der Waals surface area contributed by atoms with Gasteiger partial charge in [-0.2, -0.15) is 0 Å². The zero-order chi connectivity index (χ0) is 22.3. The van der Waals surface area contributed by atoms with Crippen molar-refractivity contribution in [2.75, 3.05) is 0 Å². The van der Waals surface area contributed by atoms with E-state index in [2.05, 4.69) is 0 Å². The molecule has 0 aromatic heterocycles. The monoisotopic (exact) mass is 497 g/mol. The van der Waals surface area contributed by atoms with Crippen molar-refractivity contribution in [3.8, 4) is 0 Å². The first-order valence-corrected chi connectivity index (χ1v) is 6.64. The molecule has 3 atom stereocenters. The van der Waals surface area contributed by atoms with Gasteiger partial charge in [0.15, 0.2) is 0 Å². The number of carboxylic acid groups (broad SMARTS) is 6. The molecule has 156 valence electrons. The number of nitrogens with two attached hydrogens (primary N) is 3. The Morgan fingerprint density at radius 1 is 0.600 bits per heavy atom. The summed E-state index contributed by atoms with van der Waals surface area (Å²) in [5, 5.41) is 54.7. The molecule has 8 N–H and O–H groups in total. The van der Waals surface area contributed by atoms with Crippen molar-refractivity contribution in [3.05, 3.63) is 0 Å². The molecule has 15 nitrogen and oxygen atoms in total. The van der Waals surface area contributed by atoms with E-state index in [-0.39, 0.29) is 126 Å². The van der Waals surface area contributed by atoms with E-state index in [0.717, 1.165) is 0 Å². The van der Waals surface area contributed by atoms with Gasteiger partial charge in [-0.25, -0.2) is 0 Å². The molecule has 0 saturated carbocycles. The van der Waals surface area contributed by atoms with Crippen molar-refractivity contribution in [2.24, 2.45) is 17.2 Å². The molecule has 0 aliphatic carbocycles. The third-order valence-electron chi connectivity index (χ3n) is 2.08. The van der Waals surface area contributed by atoms with Crippen LogP contribution < -0.4 is 140 Å². The second-order valence-corrected chi connectivity index (χ2v) is 4.55. The molecule has 18 heteroatoms. The van der Waals surface area contributed by atoms with Gasteiger partial charge in [-0.3, -0.25) is 9.59 Å². The molecule has 0 rings (SSSR count). The van der Waals surface area contributed by atoms with Crippen molar-refractivity contribution in [1.82, 2.24) is 0 Å². The van der Waals surface area contributed by atoms with Gasteiger partial charge in [0.2, 0.25) is 0 Å². The maximum Gasteiger partial charge on any atom is 2.00 e. The van der Waals surface area contributed by atoms with Crippen LogP contribution in [-0.4, -0.2) is 87.2 Å². The number of aliphatic carboxylic acids is 6. The molecule has 0 bridgehead atoms. The molecule has 0 fully saturated rings. The molecular weight excluding hydrogens is 481 g/mol. The Labute approximate surface area is 271 Å². The number of rotatable bonds is 9. The normalized spacial score (nSPS) is 11.3. The summed E-state index contributed by atoms with van der Waals surface area (Å²) in [6, 6.07) is -4.26. The van der Waals surface area contributed by atoms with E-state index in [0.29, 0.717) is 0 Å². The van der Waals surface area contributed by atoms with Crippen LogP contribution in [0.3, 0.4) is 0 Å². The topological polar surface area (TPSA) is 313 Å². The second-order valence-electron chi connectivity index (χ2n) is 4.55. The van der Waals surface area contributed by atoms with Gasteiger partial charge in [0, 0.05) is 18.4 Å². The first kappa shape index (κ1) is 44.4. The van der Waals surface area contributed by atoms with E-state index in [1.165, 1.54) is 0 Å². The molecule has 1 unspecified atom stereocenters.